The SMILES string of the molecule is C=CCOC(=O)C(CCCCCCC/C=C/CCCCCCCCCCCCCC)CC(=O)O. The molecule has 0 bridgehead atoms. The smallest absolute Gasteiger partial charge is 0.309 e. The van der Waals surface area contributed by atoms with Crippen LogP contribution in [0.15, 0.2) is 24.8 Å². The third-order valence-electron chi connectivity index (χ3n) is 6.41. The van der Waals surface area contributed by atoms with E-state index in [9.17, 15) is 9.59 Å². The predicted molar refractivity (Wildman–Crippen MR) is 144 cm³/mol. The second kappa shape index (κ2) is 26.0. The van der Waals surface area contributed by atoms with Crippen molar-refractivity contribution in [2.75, 3.05) is 6.61 Å². The average Bonchev–Trinajstić information content (AvgIpc) is 2.82. The molecule has 0 amide bonds. The fourth-order valence-corrected chi connectivity index (χ4v) is 4.30. The van der Waals surface area contributed by atoms with Crippen molar-refractivity contribution < 1.29 is 19.4 Å². The summed E-state index contributed by atoms with van der Waals surface area (Å²) in [4.78, 5) is 22.9. The van der Waals surface area contributed by atoms with Crippen molar-refractivity contribution in [3.63, 3.8) is 0 Å². The van der Waals surface area contributed by atoms with Gasteiger partial charge in [-0.25, -0.2) is 0 Å². The van der Waals surface area contributed by atoms with E-state index >= 15 is 0 Å². The molecule has 0 aliphatic carbocycles. The molecule has 0 aromatic rings. The van der Waals surface area contributed by atoms with Crippen LogP contribution >= 0.6 is 0 Å². The quantitative estimate of drug-likeness (QED) is 0.0764. The molecular formula is C30H54O4. The summed E-state index contributed by atoms with van der Waals surface area (Å²) in [6.45, 7) is 5.93. The second-order valence-electron chi connectivity index (χ2n) is 9.71. The molecule has 0 saturated heterocycles. The molecule has 0 aromatic carbocycles. The van der Waals surface area contributed by atoms with Crippen molar-refractivity contribution in [3.05, 3.63) is 24.8 Å². The number of esters is 1. The molecule has 0 rings (SSSR count). The number of carboxylic acid groups (broad SMARTS) is 1. The lowest BCUT2D eigenvalue weighted by atomic mass is 9.97. The summed E-state index contributed by atoms with van der Waals surface area (Å²) in [5, 5.41) is 9.00. The van der Waals surface area contributed by atoms with Gasteiger partial charge in [-0.2, -0.15) is 0 Å². The van der Waals surface area contributed by atoms with E-state index in [1.807, 2.05) is 0 Å². The zero-order valence-corrected chi connectivity index (χ0v) is 22.2. The average molecular weight is 479 g/mol. The van der Waals surface area contributed by atoms with Crippen LogP contribution in [0.25, 0.3) is 0 Å². The standard InChI is InChI=1S/C30H54O4/c1-3-5-6-7-8-9-10-11-12-13-14-15-16-17-18-19-20-21-22-23-24-25-28(27-29(31)32)30(33)34-26-4-2/h4,17-18,28H,2-3,5-16,19-27H2,1H3,(H,31,32)/b18-17+. The van der Waals surface area contributed by atoms with Gasteiger partial charge in [0, 0.05) is 0 Å². The minimum absolute atomic E-state index is 0.141. The van der Waals surface area contributed by atoms with E-state index in [4.69, 9.17) is 9.84 Å². The van der Waals surface area contributed by atoms with Crippen LogP contribution in [0.3, 0.4) is 0 Å². The first kappa shape index (κ1) is 32.4. The molecule has 0 spiro atoms. The Morgan fingerprint density at radius 1 is 0.735 bits per heavy atom. The number of carbonyl (C=O) groups excluding carboxylic acids is 1. The lowest BCUT2D eigenvalue weighted by molar-refractivity contribution is -0.152. The number of carboxylic acids is 1. The molecule has 0 aliphatic rings. The van der Waals surface area contributed by atoms with E-state index < -0.39 is 17.9 Å². The summed E-state index contributed by atoms with van der Waals surface area (Å²) in [6, 6.07) is 0. The lowest BCUT2D eigenvalue weighted by Gasteiger charge is -2.13. The lowest BCUT2D eigenvalue weighted by Crippen LogP contribution is -2.21. The predicted octanol–water partition coefficient (Wildman–Crippen LogP) is 9.18. The van der Waals surface area contributed by atoms with Crippen molar-refractivity contribution in [1.29, 1.82) is 0 Å². The van der Waals surface area contributed by atoms with Crippen LogP contribution in [0.1, 0.15) is 142 Å². The van der Waals surface area contributed by atoms with E-state index in [1.165, 1.54) is 102 Å². The first-order valence-electron chi connectivity index (χ1n) is 14.3. The Hall–Kier alpha value is -1.58. The zero-order valence-electron chi connectivity index (χ0n) is 22.2. The van der Waals surface area contributed by atoms with Crippen LogP contribution < -0.4 is 0 Å². The Kier molecular flexibility index (Phi) is 24.8. The summed E-state index contributed by atoms with van der Waals surface area (Å²) in [7, 11) is 0. The summed E-state index contributed by atoms with van der Waals surface area (Å²) < 4.78 is 5.02. The maximum atomic E-state index is 11.9. The molecule has 1 N–H and O–H groups in total. The molecule has 0 fully saturated rings. The molecule has 198 valence electrons. The van der Waals surface area contributed by atoms with E-state index in [0.29, 0.717) is 6.42 Å². The van der Waals surface area contributed by atoms with Gasteiger partial charge in [-0.1, -0.05) is 128 Å². The van der Waals surface area contributed by atoms with E-state index in [-0.39, 0.29) is 13.0 Å². The highest BCUT2D eigenvalue weighted by Gasteiger charge is 2.22. The molecule has 0 aromatic heterocycles. The normalized spacial score (nSPS) is 12.1. The zero-order chi connectivity index (χ0) is 25.1. The number of rotatable bonds is 26. The third-order valence-corrected chi connectivity index (χ3v) is 6.41. The van der Waals surface area contributed by atoms with E-state index in [1.54, 1.807) is 0 Å². The van der Waals surface area contributed by atoms with Crippen molar-refractivity contribution in [2.45, 2.75) is 142 Å². The van der Waals surface area contributed by atoms with Crippen molar-refractivity contribution in [1.82, 2.24) is 0 Å². The maximum Gasteiger partial charge on any atom is 0.309 e. The summed E-state index contributed by atoms with van der Waals surface area (Å²) in [5.41, 5.74) is 0. The van der Waals surface area contributed by atoms with Crippen LogP contribution in [0.4, 0.5) is 0 Å². The van der Waals surface area contributed by atoms with Gasteiger partial charge in [0.05, 0.1) is 12.3 Å². The Bertz CT molecular complexity index is 512. The van der Waals surface area contributed by atoms with Crippen molar-refractivity contribution in [2.24, 2.45) is 5.92 Å². The highest BCUT2D eigenvalue weighted by atomic mass is 16.5. The number of hydrogen-bond acceptors (Lipinski definition) is 3. The summed E-state index contributed by atoms with van der Waals surface area (Å²) >= 11 is 0. The van der Waals surface area contributed by atoms with Crippen molar-refractivity contribution in [3.8, 4) is 0 Å². The largest absolute Gasteiger partial charge is 0.481 e. The number of aliphatic carboxylic acids is 1. The fourth-order valence-electron chi connectivity index (χ4n) is 4.30. The molecule has 0 aliphatic heterocycles. The van der Waals surface area contributed by atoms with Crippen LogP contribution in [-0.2, 0) is 14.3 Å². The number of carbonyl (C=O) groups is 2. The summed E-state index contributed by atoms with van der Waals surface area (Å²) in [5.74, 6) is -1.91. The molecule has 1 atom stereocenters. The van der Waals surface area contributed by atoms with Gasteiger partial charge in [0.2, 0.25) is 0 Å². The van der Waals surface area contributed by atoms with Gasteiger partial charge in [-0.15, -0.1) is 0 Å². The molecule has 4 heteroatoms. The maximum absolute atomic E-state index is 11.9. The summed E-state index contributed by atoms with van der Waals surface area (Å²) in [6.07, 6.45) is 31.2. The minimum Gasteiger partial charge on any atom is -0.481 e. The Balaban J connectivity index is 3.46. The van der Waals surface area contributed by atoms with Gasteiger partial charge >= 0.3 is 11.9 Å². The Labute approximate surface area is 210 Å². The van der Waals surface area contributed by atoms with Gasteiger partial charge in [-0.3, -0.25) is 9.59 Å². The van der Waals surface area contributed by atoms with Crippen LogP contribution in [0.2, 0.25) is 0 Å². The highest BCUT2D eigenvalue weighted by molar-refractivity contribution is 5.79. The first-order chi connectivity index (χ1) is 16.6. The number of allylic oxidation sites excluding steroid dienone is 2. The molecule has 34 heavy (non-hydrogen) atoms. The fraction of sp³-hybridized carbons (Fsp3) is 0.800. The van der Waals surface area contributed by atoms with Gasteiger partial charge in [0.25, 0.3) is 0 Å². The second-order valence-corrected chi connectivity index (χ2v) is 9.71. The minimum atomic E-state index is -0.948. The number of unbranched alkanes of at least 4 members (excludes halogenated alkanes) is 17. The van der Waals surface area contributed by atoms with Gasteiger partial charge in [-0.05, 0) is 32.1 Å². The molecule has 0 heterocycles. The molecular weight excluding hydrogens is 424 g/mol. The molecule has 0 radical (unpaired) electrons. The van der Waals surface area contributed by atoms with Crippen LogP contribution in [0.5, 0.6) is 0 Å². The highest BCUT2D eigenvalue weighted by Crippen LogP contribution is 2.17. The van der Waals surface area contributed by atoms with Crippen LogP contribution in [0, 0.1) is 5.92 Å². The van der Waals surface area contributed by atoms with Gasteiger partial charge < -0.3 is 9.84 Å². The molecule has 1 unspecified atom stereocenters. The monoisotopic (exact) mass is 478 g/mol. The molecule has 4 nitrogen and oxygen atoms in total. The Morgan fingerprint density at radius 3 is 1.62 bits per heavy atom. The third kappa shape index (κ3) is 23.6. The first-order valence-corrected chi connectivity index (χ1v) is 14.3. The number of hydrogen-bond donors (Lipinski definition) is 1. The van der Waals surface area contributed by atoms with E-state index in [2.05, 4.69) is 25.7 Å². The van der Waals surface area contributed by atoms with Crippen molar-refractivity contribution >= 4 is 11.9 Å². The van der Waals surface area contributed by atoms with Gasteiger partial charge in [0.15, 0.2) is 0 Å². The van der Waals surface area contributed by atoms with E-state index in [0.717, 1.165) is 25.7 Å². The Morgan fingerprint density at radius 2 is 1.18 bits per heavy atom. The molecule has 0 saturated carbocycles. The number of ether oxygens (including phenoxy) is 1. The topological polar surface area (TPSA) is 63.6 Å². The van der Waals surface area contributed by atoms with Crippen LogP contribution in [-0.4, -0.2) is 23.7 Å². The van der Waals surface area contributed by atoms with Gasteiger partial charge in [0.1, 0.15) is 6.61 Å².